The number of aryl methyl sites for hydroxylation is 1. The van der Waals surface area contributed by atoms with Crippen LogP contribution in [0.25, 0.3) is 0 Å². The predicted octanol–water partition coefficient (Wildman–Crippen LogP) is 2.34. The van der Waals surface area contributed by atoms with Crippen LogP contribution in [0.2, 0.25) is 0 Å². The van der Waals surface area contributed by atoms with Crippen molar-refractivity contribution >= 4 is 0 Å². The monoisotopic (exact) mass is 218 g/mol. The van der Waals surface area contributed by atoms with Gasteiger partial charge in [-0.2, -0.15) is 0 Å². The number of benzene rings is 1. The lowest BCUT2D eigenvalue weighted by Crippen LogP contribution is -2.26. The number of nitrogens with zero attached hydrogens (tertiary/aromatic N) is 1. The zero-order chi connectivity index (χ0) is 11.5. The third-order valence-electron chi connectivity index (χ3n) is 3.76. The van der Waals surface area contributed by atoms with E-state index in [1.165, 1.54) is 24.1 Å². The summed E-state index contributed by atoms with van der Waals surface area (Å²) in [5.74, 6) is 0.702. The van der Waals surface area contributed by atoms with Crippen LogP contribution in [-0.4, -0.2) is 24.5 Å². The van der Waals surface area contributed by atoms with Crippen LogP contribution in [0, 0.1) is 12.8 Å². The minimum absolute atomic E-state index is 0.525. The van der Waals surface area contributed by atoms with E-state index in [2.05, 4.69) is 43.0 Å². The Kier molecular flexibility index (Phi) is 3.62. The van der Waals surface area contributed by atoms with Gasteiger partial charge in [-0.3, -0.25) is 4.90 Å². The zero-order valence-electron chi connectivity index (χ0n) is 10.3. The van der Waals surface area contributed by atoms with Crippen molar-refractivity contribution in [3.05, 3.63) is 35.4 Å². The second-order valence-corrected chi connectivity index (χ2v) is 4.97. The highest BCUT2D eigenvalue weighted by molar-refractivity contribution is 5.23. The first kappa shape index (κ1) is 11.6. The Hall–Kier alpha value is -0.860. The van der Waals surface area contributed by atoms with Gasteiger partial charge < -0.3 is 5.73 Å². The molecule has 0 aromatic heterocycles. The van der Waals surface area contributed by atoms with Crippen LogP contribution in [0.15, 0.2) is 24.3 Å². The highest BCUT2D eigenvalue weighted by Crippen LogP contribution is 2.26. The van der Waals surface area contributed by atoms with Crippen LogP contribution >= 0.6 is 0 Å². The molecule has 0 amide bonds. The van der Waals surface area contributed by atoms with Crippen LogP contribution in [0.4, 0.5) is 0 Å². The van der Waals surface area contributed by atoms with Gasteiger partial charge >= 0.3 is 0 Å². The standard InChI is InChI=1S/C14H22N2/c1-11-3-5-14(6-4-11)12(2)16-8-7-13(9-15)10-16/h3-6,12-13H,7-10,15H2,1-2H3. The third kappa shape index (κ3) is 2.45. The first-order valence-corrected chi connectivity index (χ1v) is 6.21. The Balaban J connectivity index is 2.02. The second kappa shape index (κ2) is 4.98. The lowest BCUT2D eigenvalue weighted by atomic mass is 10.1. The highest BCUT2D eigenvalue weighted by atomic mass is 15.2. The molecule has 2 atom stereocenters. The van der Waals surface area contributed by atoms with Gasteiger partial charge in [0.2, 0.25) is 0 Å². The molecule has 0 saturated carbocycles. The largest absolute Gasteiger partial charge is 0.330 e. The van der Waals surface area contributed by atoms with Crippen molar-refractivity contribution in [3.63, 3.8) is 0 Å². The maximum Gasteiger partial charge on any atom is 0.0320 e. The maximum atomic E-state index is 5.73. The van der Waals surface area contributed by atoms with Crippen LogP contribution in [0.3, 0.4) is 0 Å². The van der Waals surface area contributed by atoms with Gasteiger partial charge in [0.25, 0.3) is 0 Å². The molecule has 2 rings (SSSR count). The average molecular weight is 218 g/mol. The van der Waals surface area contributed by atoms with Crippen molar-refractivity contribution in [1.82, 2.24) is 4.90 Å². The van der Waals surface area contributed by atoms with E-state index in [-0.39, 0.29) is 0 Å². The van der Waals surface area contributed by atoms with Gasteiger partial charge in [-0.15, -0.1) is 0 Å². The van der Waals surface area contributed by atoms with E-state index < -0.39 is 0 Å². The molecular formula is C14H22N2. The Morgan fingerprint density at radius 3 is 2.62 bits per heavy atom. The molecule has 1 aliphatic heterocycles. The van der Waals surface area contributed by atoms with Gasteiger partial charge in [0.05, 0.1) is 0 Å². The lowest BCUT2D eigenvalue weighted by molar-refractivity contribution is 0.253. The van der Waals surface area contributed by atoms with Gasteiger partial charge in [0, 0.05) is 12.6 Å². The van der Waals surface area contributed by atoms with Crippen LogP contribution in [0.1, 0.15) is 30.5 Å². The van der Waals surface area contributed by atoms with Gasteiger partial charge in [-0.25, -0.2) is 0 Å². The quantitative estimate of drug-likeness (QED) is 0.843. The second-order valence-electron chi connectivity index (χ2n) is 4.97. The number of nitrogens with two attached hydrogens (primary N) is 1. The fraction of sp³-hybridized carbons (Fsp3) is 0.571. The van der Waals surface area contributed by atoms with Crippen molar-refractivity contribution in [3.8, 4) is 0 Å². The summed E-state index contributed by atoms with van der Waals surface area (Å²) >= 11 is 0. The van der Waals surface area contributed by atoms with Crippen molar-refractivity contribution in [2.24, 2.45) is 11.7 Å². The molecule has 2 heteroatoms. The average Bonchev–Trinajstić information content (AvgIpc) is 2.77. The van der Waals surface area contributed by atoms with E-state index in [4.69, 9.17) is 5.73 Å². The van der Waals surface area contributed by atoms with Gasteiger partial charge in [-0.05, 0) is 44.8 Å². The summed E-state index contributed by atoms with van der Waals surface area (Å²) in [6.45, 7) is 7.61. The molecule has 88 valence electrons. The number of hydrogen-bond donors (Lipinski definition) is 1. The van der Waals surface area contributed by atoms with Crippen LogP contribution < -0.4 is 5.73 Å². The summed E-state index contributed by atoms with van der Waals surface area (Å²) in [5.41, 5.74) is 8.48. The van der Waals surface area contributed by atoms with Crippen LogP contribution in [-0.2, 0) is 0 Å². The molecule has 2 unspecified atom stereocenters. The molecule has 1 heterocycles. The lowest BCUT2D eigenvalue weighted by Gasteiger charge is -2.24. The Labute approximate surface area is 98.4 Å². The minimum Gasteiger partial charge on any atom is -0.330 e. The zero-order valence-corrected chi connectivity index (χ0v) is 10.3. The highest BCUT2D eigenvalue weighted by Gasteiger charge is 2.25. The summed E-state index contributed by atoms with van der Waals surface area (Å²) < 4.78 is 0. The van der Waals surface area contributed by atoms with Crippen molar-refractivity contribution < 1.29 is 0 Å². The van der Waals surface area contributed by atoms with Gasteiger partial charge in [-0.1, -0.05) is 29.8 Å². The van der Waals surface area contributed by atoms with Gasteiger partial charge in [0.1, 0.15) is 0 Å². The molecule has 0 bridgehead atoms. The van der Waals surface area contributed by atoms with E-state index in [1.54, 1.807) is 0 Å². The first-order valence-electron chi connectivity index (χ1n) is 6.21. The number of hydrogen-bond acceptors (Lipinski definition) is 2. The van der Waals surface area contributed by atoms with Gasteiger partial charge in [0.15, 0.2) is 0 Å². The Bertz CT molecular complexity index is 331. The minimum atomic E-state index is 0.525. The fourth-order valence-corrected chi connectivity index (χ4v) is 2.46. The van der Waals surface area contributed by atoms with E-state index in [1.807, 2.05) is 0 Å². The molecule has 0 spiro atoms. The van der Waals surface area contributed by atoms with E-state index in [0.29, 0.717) is 12.0 Å². The van der Waals surface area contributed by atoms with E-state index in [0.717, 1.165) is 13.1 Å². The number of rotatable bonds is 3. The molecule has 1 aromatic carbocycles. The molecule has 0 radical (unpaired) electrons. The summed E-state index contributed by atoms with van der Waals surface area (Å²) in [7, 11) is 0. The van der Waals surface area contributed by atoms with Crippen molar-refractivity contribution in [2.45, 2.75) is 26.3 Å². The number of likely N-dealkylation sites (tertiary alicyclic amines) is 1. The Morgan fingerprint density at radius 2 is 2.06 bits per heavy atom. The summed E-state index contributed by atoms with van der Waals surface area (Å²) in [5, 5.41) is 0. The molecule has 1 aliphatic rings. The Morgan fingerprint density at radius 1 is 1.38 bits per heavy atom. The van der Waals surface area contributed by atoms with Crippen molar-refractivity contribution in [2.75, 3.05) is 19.6 Å². The third-order valence-corrected chi connectivity index (χ3v) is 3.76. The topological polar surface area (TPSA) is 29.3 Å². The molecular weight excluding hydrogens is 196 g/mol. The molecule has 2 nitrogen and oxygen atoms in total. The smallest absolute Gasteiger partial charge is 0.0320 e. The normalized spacial score (nSPS) is 23.6. The summed E-state index contributed by atoms with van der Waals surface area (Å²) in [4.78, 5) is 2.54. The van der Waals surface area contributed by atoms with E-state index >= 15 is 0 Å². The molecule has 1 aromatic rings. The van der Waals surface area contributed by atoms with Crippen LogP contribution in [0.5, 0.6) is 0 Å². The molecule has 1 saturated heterocycles. The summed E-state index contributed by atoms with van der Waals surface area (Å²) in [6, 6.07) is 9.41. The molecule has 2 N–H and O–H groups in total. The first-order chi connectivity index (χ1) is 7.70. The maximum absolute atomic E-state index is 5.73. The summed E-state index contributed by atoms with van der Waals surface area (Å²) in [6.07, 6.45) is 1.26. The fourth-order valence-electron chi connectivity index (χ4n) is 2.46. The predicted molar refractivity (Wildman–Crippen MR) is 68.3 cm³/mol. The van der Waals surface area contributed by atoms with Crippen molar-refractivity contribution in [1.29, 1.82) is 0 Å². The SMILES string of the molecule is Cc1ccc(C(C)N2CCC(CN)C2)cc1. The molecule has 16 heavy (non-hydrogen) atoms. The molecule has 0 aliphatic carbocycles. The molecule has 1 fully saturated rings. The van der Waals surface area contributed by atoms with E-state index in [9.17, 15) is 0 Å².